The number of halogens is 1. The molecule has 2 aromatic rings. The zero-order valence-electron chi connectivity index (χ0n) is 11.3. The van der Waals surface area contributed by atoms with Crippen LogP contribution in [0.25, 0.3) is 10.9 Å². The van der Waals surface area contributed by atoms with Crippen LogP contribution in [0.15, 0.2) is 29.2 Å². The highest BCUT2D eigenvalue weighted by Crippen LogP contribution is 2.15. The van der Waals surface area contributed by atoms with Gasteiger partial charge in [0, 0.05) is 29.8 Å². The Morgan fingerprint density at radius 2 is 2.33 bits per heavy atom. The molecule has 1 amide bonds. The van der Waals surface area contributed by atoms with Gasteiger partial charge < -0.3 is 15.0 Å². The molecule has 2 heterocycles. The number of fused-ring (bicyclic) bond motifs is 1. The first-order valence-electron chi connectivity index (χ1n) is 6.86. The lowest BCUT2D eigenvalue weighted by molar-refractivity contribution is 0.0857. The van der Waals surface area contributed by atoms with Crippen LogP contribution < -0.4 is 10.7 Å². The smallest absolute Gasteiger partial charge is 0.256 e. The molecule has 0 saturated carbocycles. The zero-order chi connectivity index (χ0) is 14.8. The Labute approximate surface area is 126 Å². The molecule has 0 unspecified atom stereocenters. The standard InChI is InChI=1S/C15H15ClN2O3/c16-9-3-4-11-13(6-9)17-8-12(14(11)19)15(20)18-7-10-2-1-5-21-10/h3-4,6,8,10H,1-2,5,7H2,(H,17,19)(H,18,20)/t10-/m1/s1. The lowest BCUT2D eigenvalue weighted by Gasteiger charge is -2.10. The monoisotopic (exact) mass is 306 g/mol. The van der Waals surface area contributed by atoms with E-state index in [9.17, 15) is 9.59 Å². The number of hydrogen-bond acceptors (Lipinski definition) is 3. The van der Waals surface area contributed by atoms with Gasteiger partial charge in [-0.05, 0) is 31.0 Å². The molecule has 0 bridgehead atoms. The number of amides is 1. The maximum Gasteiger partial charge on any atom is 0.256 e. The van der Waals surface area contributed by atoms with E-state index >= 15 is 0 Å². The highest BCUT2D eigenvalue weighted by atomic mass is 35.5. The van der Waals surface area contributed by atoms with Crippen molar-refractivity contribution < 1.29 is 9.53 Å². The van der Waals surface area contributed by atoms with Gasteiger partial charge in [-0.1, -0.05) is 11.6 Å². The topological polar surface area (TPSA) is 71.2 Å². The van der Waals surface area contributed by atoms with Gasteiger partial charge in [0.25, 0.3) is 5.91 Å². The second kappa shape index (κ2) is 5.87. The Bertz CT molecular complexity index is 735. The van der Waals surface area contributed by atoms with Crippen molar-refractivity contribution >= 4 is 28.4 Å². The fourth-order valence-corrected chi connectivity index (χ4v) is 2.64. The first-order chi connectivity index (χ1) is 10.1. The van der Waals surface area contributed by atoms with E-state index in [1.165, 1.54) is 6.20 Å². The van der Waals surface area contributed by atoms with E-state index in [1.54, 1.807) is 18.2 Å². The molecular formula is C15H15ClN2O3. The summed E-state index contributed by atoms with van der Waals surface area (Å²) < 4.78 is 5.44. The fraction of sp³-hybridized carbons (Fsp3) is 0.333. The minimum Gasteiger partial charge on any atom is -0.376 e. The number of aromatic nitrogens is 1. The number of rotatable bonds is 3. The van der Waals surface area contributed by atoms with E-state index in [-0.39, 0.29) is 23.0 Å². The normalized spacial score (nSPS) is 18.0. The van der Waals surface area contributed by atoms with Gasteiger partial charge in [-0.2, -0.15) is 0 Å². The number of benzene rings is 1. The summed E-state index contributed by atoms with van der Waals surface area (Å²) >= 11 is 5.88. The summed E-state index contributed by atoms with van der Waals surface area (Å²) in [4.78, 5) is 27.4. The van der Waals surface area contributed by atoms with Gasteiger partial charge >= 0.3 is 0 Å². The minimum absolute atomic E-state index is 0.0484. The summed E-state index contributed by atoms with van der Waals surface area (Å²) in [7, 11) is 0. The van der Waals surface area contributed by atoms with Crippen LogP contribution in [0.1, 0.15) is 23.2 Å². The first kappa shape index (κ1) is 14.1. The van der Waals surface area contributed by atoms with Crippen LogP contribution in [0.5, 0.6) is 0 Å². The summed E-state index contributed by atoms with van der Waals surface area (Å²) in [5, 5.41) is 3.73. The molecule has 1 atom stereocenters. The summed E-state index contributed by atoms with van der Waals surface area (Å²) in [5.74, 6) is -0.386. The van der Waals surface area contributed by atoms with Crippen LogP contribution in [0.2, 0.25) is 5.02 Å². The minimum atomic E-state index is -0.386. The predicted octanol–water partition coefficient (Wildman–Crippen LogP) is 2.09. The molecule has 21 heavy (non-hydrogen) atoms. The number of pyridine rings is 1. The van der Waals surface area contributed by atoms with Crippen molar-refractivity contribution in [3.05, 3.63) is 45.2 Å². The van der Waals surface area contributed by atoms with Crippen molar-refractivity contribution in [2.45, 2.75) is 18.9 Å². The summed E-state index contributed by atoms with van der Waals surface area (Å²) in [6, 6.07) is 4.91. The molecule has 0 aliphatic carbocycles. The van der Waals surface area contributed by atoms with Crippen LogP contribution in [0.4, 0.5) is 0 Å². The van der Waals surface area contributed by atoms with Crippen molar-refractivity contribution in [1.29, 1.82) is 0 Å². The molecule has 1 fully saturated rings. The zero-order valence-corrected chi connectivity index (χ0v) is 12.1. The third kappa shape index (κ3) is 2.94. The molecule has 1 aliphatic heterocycles. The number of aromatic amines is 1. The van der Waals surface area contributed by atoms with E-state index in [0.29, 0.717) is 22.5 Å². The number of carbonyl (C=O) groups excluding carboxylic acids is 1. The highest BCUT2D eigenvalue weighted by molar-refractivity contribution is 6.31. The summed E-state index contributed by atoms with van der Waals surface area (Å²) in [6.07, 6.45) is 3.42. The highest BCUT2D eigenvalue weighted by Gasteiger charge is 2.18. The molecule has 0 radical (unpaired) electrons. The molecule has 5 nitrogen and oxygen atoms in total. The van der Waals surface area contributed by atoms with Gasteiger partial charge in [0.1, 0.15) is 5.56 Å². The fourth-order valence-electron chi connectivity index (χ4n) is 2.47. The average molecular weight is 307 g/mol. The summed E-state index contributed by atoms with van der Waals surface area (Å²) in [5.41, 5.74) is 0.413. The van der Waals surface area contributed by atoms with Crippen molar-refractivity contribution in [2.24, 2.45) is 0 Å². The van der Waals surface area contributed by atoms with E-state index in [2.05, 4.69) is 10.3 Å². The van der Waals surface area contributed by atoms with Crippen molar-refractivity contribution in [3.8, 4) is 0 Å². The number of carbonyl (C=O) groups is 1. The van der Waals surface area contributed by atoms with E-state index < -0.39 is 0 Å². The second-order valence-electron chi connectivity index (χ2n) is 5.07. The van der Waals surface area contributed by atoms with Crippen molar-refractivity contribution in [3.63, 3.8) is 0 Å². The molecular weight excluding hydrogens is 292 g/mol. The maximum atomic E-state index is 12.3. The third-order valence-electron chi connectivity index (χ3n) is 3.60. The van der Waals surface area contributed by atoms with Crippen molar-refractivity contribution in [1.82, 2.24) is 10.3 Å². The Morgan fingerprint density at radius 1 is 1.48 bits per heavy atom. The lowest BCUT2D eigenvalue weighted by Crippen LogP contribution is -2.34. The van der Waals surface area contributed by atoms with E-state index in [1.807, 2.05) is 0 Å². The molecule has 1 saturated heterocycles. The van der Waals surface area contributed by atoms with E-state index in [0.717, 1.165) is 19.4 Å². The Balaban J connectivity index is 1.82. The predicted molar refractivity (Wildman–Crippen MR) is 80.9 cm³/mol. The molecule has 110 valence electrons. The van der Waals surface area contributed by atoms with Gasteiger partial charge in [-0.3, -0.25) is 9.59 Å². The quantitative estimate of drug-likeness (QED) is 0.912. The molecule has 0 spiro atoms. The number of hydrogen-bond donors (Lipinski definition) is 2. The summed E-state index contributed by atoms with van der Waals surface area (Å²) in [6.45, 7) is 1.16. The van der Waals surface area contributed by atoms with E-state index in [4.69, 9.17) is 16.3 Å². The molecule has 1 aliphatic rings. The Morgan fingerprint density at radius 3 is 3.10 bits per heavy atom. The van der Waals surface area contributed by atoms with Crippen molar-refractivity contribution in [2.75, 3.05) is 13.2 Å². The average Bonchev–Trinajstić information content (AvgIpc) is 2.98. The lowest BCUT2D eigenvalue weighted by atomic mass is 10.1. The van der Waals surface area contributed by atoms with Crippen LogP contribution in [-0.4, -0.2) is 30.1 Å². The van der Waals surface area contributed by atoms with Gasteiger partial charge in [0.05, 0.1) is 11.6 Å². The first-order valence-corrected chi connectivity index (χ1v) is 7.24. The second-order valence-corrected chi connectivity index (χ2v) is 5.50. The van der Waals surface area contributed by atoms with Gasteiger partial charge in [-0.15, -0.1) is 0 Å². The maximum absolute atomic E-state index is 12.3. The Kier molecular flexibility index (Phi) is 3.94. The van der Waals surface area contributed by atoms with Crippen LogP contribution in [0.3, 0.4) is 0 Å². The number of ether oxygens (including phenoxy) is 1. The number of nitrogens with one attached hydrogen (secondary N) is 2. The van der Waals surface area contributed by atoms with Gasteiger partial charge in [-0.25, -0.2) is 0 Å². The van der Waals surface area contributed by atoms with Crippen LogP contribution >= 0.6 is 11.6 Å². The molecule has 2 N–H and O–H groups in total. The van der Waals surface area contributed by atoms with Gasteiger partial charge in [0.15, 0.2) is 0 Å². The SMILES string of the molecule is O=C(NC[C@H]1CCCO1)c1c[nH]c2cc(Cl)ccc2c1=O. The van der Waals surface area contributed by atoms with Crippen LogP contribution in [-0.2, 0) is 4.74 Å². The largest absolute Gasteiger partial charge is 0.376 e. The molecule has 3 rings (SSSR count). The number of H-pyrrole nitrogens is 1. The van der Waals surface area contributed by atoms with Gasteiger partial charge in [0.2, 0.25) is 5.43 Å². The Hall–Kier alpha value is -1.85. The third-order valence-corrected chi connectivity index (χ3v) is 3.84. The molecule has 1 aromatic heterocycles. The van der Waals surface area contributed by atoms with Crippen LogP contribution in [0, 0.1) is 0 Å². The molecule has 6 heteroatoms. The molecule has 1 aromatic carbocycles.